The lowest BCUT2D eigenvalue weighted by atomic mass is 10.0. The summed E-state index contributed by atoms with van der Waals surface area (Å²) in [5.74, 6) is 3.12. The Hall–Kier alpha value is -2.36. The van der Waals surface area contributed by atoms with E-state index in [1.54, 1.807) is 0 Å². The minimum atomic E-state index is 0.533. The second-order valence-corrected chi connectivity index (χ2v) is 15.2. The quantitative estimate of drug-likeness (QED) is 0.121. The molecule has 0 saturated carbocycles. The lowest BCUT2D eigenvalue weighted by Gasteiger charge is -2.18. The highest BCUT2D eigenvalue weighted by Gasteiger charge is 2.08. The summed E-state index contributed by atoms with van der Waals surface area (Å²) >= 11 is 0. The molecule has 4 N–H and O–H groups in total. The highest BCUT2D eigenvalue weighted by atomic mass is 14.9. The largest absolute Gasteiger partial charge is 0.383 e. The first-order valence-electron chi connectivity index (χ1n) is 18.0. The molecule has 4 heteroatoms. The Morgan fingerprint density at radius 2 is 0.455 bits per heavy atom. The summed E-state index contributed by atoms with van der Waals surface area (Å²) in [5.41, 5.74) is 4.88. The van der Waals surface area contributed by atoms with Crippen LogP contribution in [0, 0.1) is 23.7 Å². The van der Waals surface area contributed by atoms with Gasteiger partial charge in [0.05, 0.1) is 0 Å². The third-order valence-electron chi connectivity index (χ3n) is 8.13. The van der Waals surface area contributed by atoms with Crippen molar-refractivity contribution in [1.82, 2.24) is 0 Å². The van der Waals surface area contributed by atoms with Crippen LogP contribution >= 0.6 is 0 Å². The van der Waals surface area contributed by atoms with Gasteiger partial charge < -0.3 is 21.3 Å². The SMILES string of the molecule is CC(C)CCC(C)Nc1ccc(NC(C)CCC(C)C)cc1.CC(C)CCC(C)Nc1ccc(NC(C)CCC(C)C)cc1. The van der Waals surface area contributed by atoms with Crippen molar-refractivity contribution >= 4 is 22.7 Å². The van der Waals surface area contributed by atoms with Crippen LogP contribution in [0.3, 0.4) is 0 Å². The van der Waals surface area contributed by atoms with Gasteiger partial charge in [-0.25, -0.2) is 0 Å². The molecule has 2 rings (SSSR count). The maximum Gasteiger partial charge on any atom is 0.0343 e. The van der Waals surface area contributed by atoms with Crippen LogP contribution < -0.4 is 21.3 Å². The van der Waals surface area contributed by atoms with Crippen LogP contribution in [0.5, 0.6) is 0 Å². The third-order valence-corrected chi connectivity index (χ3v) is 8.13. The van der Waals surface area contributed by atoms with Gasteiger partial charge in [0.15, 0.2) is 0 Å². The molecule has 44 heavy (non-hydrogen) atoms. The Kier molecular flexibility index (Phi) is 20.0. The molecule has 4 unspecified atom stereocenters. The first-order chi connectivity index (χ1) is 20.7. The lowest BCUT2D eigenvalue weighted by Crippen LogP contribution is -2.17. The Balaban J connectivity index is 0.000000440. The van der Waals surface area contributed by atoms with Gasteiger partial charge in [-0.05, 0) is 151 Å². The van der Waals surface area contributed by atoms with E-state index in [-0.39, 0.29) is 0 Å². The molecule has 0 bridgehead atoms. The Morgan fingerprint density at radius 3 is 0.591 bits per heavy atom. The number of hydrogen-bond donors (Lipinski definition) is 4. The molecule has 0 spiro atoms. The number of hydrogen-bond acceptors (Lipinski definition) is 4. The molecule has 0 aliphatic carbocycles. The van der Waals surface area contributed by atoms with E-state index < -0.39 is 0 Å². The zero-order valence-corrected chi connectivity index (χ0v) is 30.9. The molecule has 0 aliphatic rings. The number of nitrogens with one attached hydrogen (secondary N) is 4. The number of benzene rings is 2. The van der Waals surface area contributed by atoms with E-state index in [2.05, 4.69) is 153 Å². The molecular formula is C40H72N4. The van der Waals surface area contributed by atoms with E-state index in [0.29, 0.717) is 24.2 Å². The minimum absolute atomic E-state index is 0.533. The highest BCUT2D eigenvalue weighted by molar-refractivity contribution is 5.55. The summed E-state index contributed by atoms with van der Waals surface area (Å²) in [6.07, 6.45) is 10.0. The molecule has 0 aliphatic heterocycles. The normalized spacial score (nSPS) is 14.2. The average Bonchev–Trinajstić information content (AvgIpc) is 2.95. The fourth-order valence-electron chi connectivity index (χ4n) is 5.09. The van der Waals surface area contributed by atoms with E-state index in [4.69, 9.17) is 0 Å². The van der Waals surface area contributed by atoms with Crippen LogP contribution in [0.15, 0.2) is 48.5 Å². The number of anilines is 4. The van der Waals surface area contributed by atoms with Crippen molar-refractivity contribution in [2.75, 3.05) is 21.3 Å². The zero-order valence-electron chi connectivity index (χ0n) is 30.9. The van der Waals surface area contributed by atoms with Crippen LogP contribution in [0.25, 0.3) is 0 Å². The summed E-state index contributed by atoms with van der Waals surface area (Å²) in [7, 11) is 0. The predicted molar refractivity (Wildman–Crippen MR) is 202 cm³/mol. The summed E-state index contributed by atoms with van der Waals surface area (Å²) in [5, 5.41) is 14.4. The molecule has 0 fully saturated rings. The van der Waals surface area contributed by atoms with Crippen LogP contribution in [0.4, 0.5) is 22.7 Å². The monoisotopic (exact) mass is 609 g/mol. The average molecular weight is 609 g/mol. The van der Waals surface area contributed by atoms with Gasteiger partial charge in [0.1, 0.15) is 0 Å². The van der Waals surface area contributed by atoms with Gasteiger partial charge in [-0.15, -0.1) is 0 Å². The van der Waals surface area contributed by atoms with Crippen LogP contribution in [-0.2, 0) is 0 Å². The summed E-state index contributed by atoms with van der Waals surface area (Å²) in [6.45, 7) is 27.3. The summed E-state index contributed by atoms with van der Waals surface area (Å²) < 4.78 is 0. The third kappa shape index (κ3) is 20.6. The summed E-state index contributed by atoms with van der Waals surface area (Å²) in [4.78, 5) is 0. The smallest absolute Gasteiger partial charge is 0.0343 e. The predicted octanol–water partition coefficient (Wildman–Crippen LogP) is 12.3. The van der Waals surface area contributed by atoms with Gasteiger partial charge in [0.2, 0.25) is 0 Å². The van der Waals surface area contributed by atoms with Gasteiger partial charge in [-0.3, -0.25) is 0 Å². The van der Waals surface area contributed by atoms with Crippen LogP contribution in [-0.4, -0.2) is 24.2 Å². The Bertz CT molecular complexity index is 791. The van der Waals surface area contributed by atoms with Gasteiger partial charge in [0.25, 0.3) is 0 Å². The van der Waals surface area contributed by atoms with Gasteiger partial charge >= 0.3 is 0 Å². The van der Waals surface area contributed by atoms with Gasteiger partial charge in [-0.1, -0.05) is 55.4 Å². The molecule has 2 aromatic carbocycles. The molecule has 0 radical (unpaired) electrons. The fraction of sp³-hybridized carbons (Fsp3) is 0.700. The first-order valence-corrected chi connectivity index (χ1v) is 18.0. The van der Waals surface area contributed by atoms with E-state index in [0.717, 1.165) is 23.7 Å². The summed E-state index contributed by atoms with van der Waals surface area (Å²) in [6, 6.07) is 19.6. The van der Waals surface area contributed by atoms with E-state index in [1.807, 2.05) is 0 Å². The van der Waals surface area contributed by atoms with Crippen LogP contribution in [0.1, 0.15) is 134 Å². The maximum absolute atomic E-state index is 3.59. The second-order valence-electron chi connectivity index (χ2n) is 15.2. The molecule has 2 aromatic rings. The van der Waals surface area contributed by atoms with Gasteiger partial charge in [-0.2, -0.15) is 0 Å². The molecule has 252 valence electrons. The molecular weight excluding hydrogens is 536 g/mol. The van der Waals surface area contributed by atoms with E-state index in [1.165, 1.54) is 74.1 Å². The van der Waals surface area contributed by atoms with E-state index >= 15 is 0 Å². The highest BCUT2D eigenvalue weighted by Crippen LogP contribution is 2.20. The zero-order chi connectivity index (χ0) is 33.1. The van der Waals surface area contributed by atoms with Crippen molar-refractivity contribution in [2.45, 2.75) is 159 Å². The molecule has 4 atom stereocenters. The molecule has 0 saturated heterocycles. The minimum Gasteiger partial charge on any atom is -0.383 e. The molecule has 0 heterocycles. The standard InChI is InChI=1S/2C20H36N2/c2*1-15(2)7-9-17(5)21-19-11-13-20(14-12-19)22-18(6)10-8-16(3)4/h2*11-18,21-22H,7-10H2,1-6H3. The van der Waals surface area contributed by atoms with E-state index in [9.17, 15) is 0 Å². The Labute approximate surface area is 274 Å². The van der Waals surface area contributed by atoms with Crippen molar-refractivity contribution in [3.63, 3.8) is 0 Å². The van der Waals surface area contributed by atoms with Crippen LogP contribution in [0.2, 0.25) is 0 Å². The topological polar surface area (TPSA) is 48.1 Å². The van der Waals surface area contributed by atoms with Crippen molar-refractivity contribution in [2.24, 2.45) is 23.7 Å². The first kappa shape index (κ1) is 39.7. The van der Waals surface area contributed by atoms with Crippen molar-refractivity contribution < 1.29 is 0 Å². The maximum atomic E-state index is 3.59. The molecule has 0 aromatic heterocycles. The molecule has 0 amide bonds. The molecule has 4 nitrogen and oxygen atoms in total. The Morgan fingerprint density at radius 1 is 0.295 bits per heavy atom. The fourth-order valence-corrected chi connectivity index (χ4v) is 5.09. The van der Waals surface area contributed by atoms with Crippen molar-refractivity contribution in [3.05, 3.63) is 48.5 Å². The van der Waals surface area contributed by atoms with Crippen molar-refractivity contribution in [1.29, 1.82) is 0 Å². The number of rotatable bonds is 20. The van der Waals surface area contributed by atoms with Crippen molar-refractivity contribution in [3.8, 4) is 0 Å². The van der Waals surface area contributed by atoms with Gasteiger partial charge in [0, 0.05) is 46.9 Å². The lowest BCUT2D eigenvalue weighted by molar-refractivity contribution is 0.527. The second kappa shape index (κ2) is 22.2.